The number of aromatic amines is 1. The van der Waals surface area contributed by atoms with Gasteiger partial charge in [-0.1, -0.05) is 17.7 Å². The highest BCUT2D eigenvalue weighted by Crippen LogP contribution is 2.22. The van der Waals surface area contributed by atoms with Gasteiger partial charge >= 0.3 is 5.69 Å². The quantitative estimate of drug-likeness (QED) is 0.821. The average molecular weight is 267 g/mol. The number of halogens is 1. The number of hydrogen-bond acceptors (Lipinski definition) is 3. The van der Waals surface area contributed by atoms with E-state index >= 15 is 0 Å². The SMILES string of the molecule is Cc1ccc(Cl)cc1-n1c(O)c(C)c(=O)[nH]c1=O. The highest BCUT2D eigenvalue weighted by Gasteiger charge is 2.13. The molecule has 5 nitrogen and oxygen atoms in total. The van der Waals surface area contributed by atoms with Gasteiger partial charge in [-0.25, -0.2) is 9.36 Å². The minimum Gasteiger partial charge on any atom is -0.494 e. The van der Waals surface area contributed by atoms with Crippen molar-refractivity contribution in [3.05, 3.63) is 55.2 Å². The highest BCUT2D eigenvalue weighted by molar-refractivity contribution is 6.30. The first kappa shape index (κ1) is 12.4. The molecule has 0 spiro atoms. The zero-order chi connectivity index (χ0) is 13.4. The van der Waals surface area contributed by atoms with Gasteiger partial charge in [-0.15, -0.1) is 0 Å². The molecule has 94 valence electrons. The number of benzene rings is 1. The van der Waals surface area contributed by atoms with Gasteiger partial charge < -0.3 is 5.11 Å². The molecule has 0 bridgehead atoms. The van der Waals surface area contributed by atoms with Crippen molar-refractivity contribution in [2.75, 3.05) is 0 Å². The molecule has 0 aliphatic heterocycles. The number of hydrogen-bond donors (Lipinski definition) is 2. The molecule has 0 saturated carbocycles. The number of aromatic hydroxyl groups is 1. The Morgan fingerprint density at radius 3 is 2.61 bits per heavy atom. The van der Waals surface area contributed by atoms with Gasteiger partial charge in [0.1, 0.15) is 0 Å². The molecule has 1 aromatic carbocycles. The van der Waals surface area contributed by atoms with Gasteiger partial charge in [-0.05, 0) is 31.5 Å². The van der Waals surface area contributed by atoms with E-state index in [0.717, 1.165) is 10.1 Å². The summed E-state index contributed by atoms with van der Waals surface area (Å²) in [5.74, 6) is -0.380. The molecule has 0 atom stereocenters. The van der Waals surface area contributed by atoms with Gasteiger partial charge in [0.25, 0.3) is 5.56 Å². The minimum atomic E-state index is -0.700. The second-order valence-corrected chi connectivity index (χ2v) is 4.41. The first-order chi connectivity index (χ1) is 8.41. The van der Waals surface area contributed by atoms with Crippen LogP contribution in [0, 0.1) is 13.8 Å². The van der Waals surface area contributed by atoms with E-state index in [-0.39, 0.29) is 11.4 Å². The van der Waals surface area contributed by atoms with Crippen LogP contribution in [0.2, 0.25) is 5.02 Å². The average Bonchev–Trinajstić information content (AvgIpc) is 2.31. The van der Waals surface area contributed by atoms with Crippen molar-refractivity contribution in [3.63, 3.8) is 0 Å². The van der Waals surface area contributed by atoms with Crippen molar-refractivity contribution in [3.8, 4) is 11.6 Å². The van der Waals surface area contributed by atoms with E-state index in [1.807, 2.05) is 0 Å². The number of aromatic nitrogens is 2. The zero-order valence-electron chi connectivity index (χ0n) is 9.82. The van der Waals surface area contributed by atoms with E-state index in [1.54, 1.807) is 25.1 Å². The summed E-state index contributed by atoms with van der Waals surface area (Å²) >= 11 is 5.87. The van der Waals surface area contributed by atoms with E-state index < -0.39 is 11.2 Å². The summed E-state index contributed by atoms with van der Waals surface area (Å²) in [6.07, 6.45) is 0. The second-order valence-electron chi connectivity index (χ2n) is 3.97. The first-order valence-corrected chi connectivity index (χ1v) is 5.61. The molecule has 0 amide bonds. The molecule has 0 saturated heterocycles. The van der Waals surface area contributed by atoms with Gasteiger partial charge in [-0.3, -0.25) is 9.78 Å². The Kier molecular flexibility index (Phi) is 3.00. The van der Waals surface area contributed by atoms with E-state index in [0.29, 0.717) is 10.7 Å². The van der Waals surface area contributed by atoms with Crippen molar-refractivity contribution in [1.29, 1.82) is 0 Å². The molecule has 1 heterocycles. The maximum Gasteiger partial charge on any atom is 0.335 e. The van der Waals surface area contributed by atoms with Gasteiger partial charge in [0.2, 0.25) is 5.88 Å². The Morgan fingerprint density at radius 1 is 1.28 bits per heavy atom. The predicted molar refractivity (Wildman–Crippen MR) is 68.8 cm³/mol. The molecule has 0 fully saturated rings. The zero-order valence-corrected chi connectivity index (χ0v) is 10.6. The Bertz CT molecular complexity index is 731. The summed E-state index contributed by atoms with van der Waals surface area (Å²) in [4.78, 5) is 25.3. The highest BCUT2D eigenvalue weighted by atomic mass is 35.5. The molecular formula is C12H11ClN2O3. The summed E-state index contributed by atoms with van der Waals surface area (Å²) in [5.41, 5.74) is -0.0385. The van der Waals surface area contributed by atoms with E-state index in [1.165, 1.54) is 6.92 Å². The summed E-state index contributed by atoms with van der Waals surface area (Å²) in [7, 11) is 0. The van der Waals surface area contributed by atoms with Crippen LogP contribution >= 0.6 is 11.6 Å². The Labute approximate surface area is 107 Å². The molecule has 2 aromatic rings. The first-order valence-electron chi connectivity index (χ1n) is 5.23. The molecule has 0 unspecified atom stereocenters. The number of aryl methyl sites for hydroxylation is 1. The Balaban J connectivity index is 2.88. The molecule has 2 rings (SSSR count). The fourth-order valence-corrected chi connectivity index (χ4v) is 1.83. The standard InChI is InChI=1S/C12H11ClN2O3/c1-6-3-4-8(13)5-9(6)15-11(17)7(2)10(16)14-12(15)18/h3-5,17H,1-2H3,(H,14,16,18). The lowest BCUT2D eigenvalue weighted by atomic mass is 10.2. The number of H-pyrrole nitrogens is 1. The largest absolute Gasteiger partial charge is 0.494 e. The maximum atomic E-state index is 11.8. The summed E-state index contributed by atoms with van der Waals surface area (Å²) in [6.45, 7) is 3.21. The maximum absolute atomic E-state index is 11.8. The Morgan fingerprint density at radius 2 is 1.94 bits per heavy atom. The number of nitrogens with one attached hydrogen (secondary N) is 1. The lowest BCUT2D eigenvalue weighted by Gasteiger charge is -2.12. The van der Waals surface area contributed by atoms with E-state index in [4.69, 9.17) is 11.6 Å². The molecule has 18 heavy (non-hydrogen) atoms. The molecular weight excluding hydrogens is 256 g/mol. The van der Waals surface area contributed by atoms with Gasteiger partial charge in [0.05, 0.1) is 11.3 Å². The van der Waals surface area contributed by atoms with Crippen LogP contribution in [0.1, 0.15) is 11.1 Å². The van der Waals surface area contributed by atoms with Crippen molar-refractivity contribution >= 4 is 11.6 Å². The van der Waals surface area contributed by atoms with Gasteiger partial charge in [0, 0.05) is 5.02 Å². The molecule has 0 aliphatic rings. The number of rotatable bonds is 1. The third-order valence-electron chi connectivity index (χ3n) is 2.72. The van der Waals surface area contributed by atoms with E-state index in [9.17, 15) is 14.7 Å². The normalized spacial score (nSPS) is 10.6. The summed E-state index contributed by atoms with van der Waals surface area (Å²) in [6, 6.07) is 4.96. The van der Waals surface area contributed by atoms with Gasteiger partial charge in [-0.2, -0.15) is 0 Å². The summed E-state index contributed by atoms with van der Waals surface area (Å²) in [5, 5.41) is 10.4. The third-order valence-corrected chi connectivity index (χ3v) is 2.96. The van der Waals surface area contributed by atoms with Crippen LogP contribution in [0.15, 0.2) is 27.8 Å². The predicted octanol–water partition coefficient (Wildman–Crippen LogP) is 1.50. The second kappa shape index (κ2) is 4.34. The lowest BCUT2D eigenvalue weighted by Crippen LogP contribution is -2.30. The third kappa shape index (κ3) is 1.93. The van der Waals surface area contributed by atoms with Crippen molar-refractivity contribution in [1.82, 2.24) is 9.55 Å². The Hall–Kier alpha value is -2.01. The van der Waals surface area contributed by atoms with Crippen LogP contribution in [-0.2, 0) is 0 Å². The lowest BCUT2D eigenvalue weighted by molar-refractivity contribution is 0.426. The molecule has 2 N–H and O–H groups in total. The van der Waals surface area contributed by atoms with E-state index in [2.05, 4.69) is 4.98 Å². The van der Waals surface area contributed by atoms with Crippen molar-refractivity contribution in [2.45, 2.75) is 13.8 Å². The molecule has 1 aromatic heterocycles. The molecule has 0 radical (unpaired) electrons. The fraction of sp³-hybridized carbons (Fsp3) is 0.167. The fourth-order valence-electron chi connectivity index (χ4n) is 1.66. The molecule has 6 heteroatoms. The smallest absolute Gasteiger partial charge is 0.335 e. The topological polar surface area (TPSA) is 75.1 Å². The van der Waals surface area contributed by atoms with Crippen LogP contribution < -0.4 is 11.2 Å². The van der Waals surface area contributed by atoms with Crippen LogP contribution in [0.25, 0.3) is 5.69 Å². The van der Waals surface area contributed by atoms with Crippen molar-refractivity contribution in [2.24, 2.45) is 0 Å². The monoisotopic (exact) mass is 266 g/mol. The summed E-state index contributed by atoms with van der Waals surface area (Å²) < 4.78 is 1.03. The van der Waals surface area contributed by atoms with Crippen LogP contribution in [0.5, 0.6) is 5.88 Å². The van der Waals surface area contributed by atoms with Crippen LogP contribution in [-0.4, -0.2) is 14.7 Å². The molecule has 0 aliphatic carbocycles. The van der Waals surface area contributed by atoms with Crippen LogP contribution in [0.4, 0.5) is 0 Å². The van der Waals surface area contributed by atoms with Gasteiger partial charge in [0.15, 0.2) is 0 Å². The number of nitrogens with zero attached hydrogens (tertiary/aromatic N) is 1. The van der Waals surface area contributed by atoms with Crippen LogP contribution in [0.3, 0.4) is 0 Å². The van der Waals surface area contributed by atoms with Crippen molar-refractivity contribution < 1.29 is 5.11 Å². The minimum absolute atomic E-state index is 0.0778.